The molecule has 1 amide bonds. The molecule has 0 aromatic heterocycles. The summed E-state index contributed by atoms with van der Waals surface area (Å²) in [7, 11) is 0. The zero-order valence-electron chi connectivity index (χ0n) is 11.0. The van der Waals surface area contributed by atoms with Crippen molar-refractivity contribution in [2.24, 2.45) is 0 Å². The summed E-state index contributed by atoms with van der Waals surface area (Å²) in [5.74, 6) is -0.244. The van der Waals surface area contributed by atoms with Crippen LogP contribution >= 0.6 is 15.9 Å². The topological polar surface area (TPSA) is 84.3 Å². The van der Waals surface area contributed by atoms with Crippen LogP contribution in [0, 0.1) is 10.1 Å². The summed E-state index contributed by atoms with van der Waals surface area (Å²) in [6.07, 6.45) is 0. The van der Waals surface area contributed by atoms with Gasteiger partial charge in [-0.1, -0.05) is 6.92 Å². The van der Waals surface area contributed by atoms with Crippen LogP contribution in [0.25, 0.3) is 0 Å². The fourth-order valence-electron chi connectivity index (χ4n) is 1.54. The number of rotatable bonds is 5. The van der Waals surface area contributed by atoms with Gasteiger partial charge in [-0.05, 0) is 48.5 Å². The van der Waals surface area contributed by atoms with Crippen LogP contribution < -0.4 is 10.6 Å². The number of anilines is 1. The zero-order valence-corrected chi connectivity index (χ0v) is 12.6. The average molecular weight is 330 g/mol. The van der Waals surface area contributed by atoms with Crippen molar-refractivity contribution in [3.8, 4) is 0 Å². The van der Waals surface area contributed by atoms with Gasteiger partial charge in [0.1, 0.15) is 0 Å². The monoisotopic (exact) mass is 329 g/mol. The Hall–Kier alpha value is -1.47. The van der Waals surface area contributed by atoms with E-state index in [4.69, 9.17) is 0 Å². The molecule has 0 fully saturated rings. The van der Waals surface area contributed by atoms with Gasteiger partial charge < -0.3 is 10.6 Å². The molecule has 0 aliphatic carbocycles. The molecule has 0 unspecified atom stereocenters. The number of nitrogens with zero attached hydrogens (tertiary/aromatic N) is 1. The number of benzene rings is 1. The van der Waals surface area contributed by atoms with Gasteiger partial charge in [0.2, 0.25) is 5.91 Å². The first kappa shape index (κ1) is 15.6. The minimum absolute atomic E-state index is 0.0842. The molecule has 0 atom stereocenters. The summed E-state index contributed by atoms with van der Waals surface area (Å²) in [4.78, 5) is 22.3. The molecule has 104 valence electrons. The Morgan fingerprint density at radius 1 is 1.47 bits per heavy atom. The average Bonchev–Trinajstić information content (AvgIpc) is 2.31. The molecule has 0 saturated carbocycles. The van der Waals surface area contributed by atoms with E-state index in [9.17, 15) is 14.9 Å². The highest BCUT2D eigenvalue weighted by Crippen LogP contribution is 2.28. The van der Waals surface area contributed by atoms with Crippen LogP contribution in [0.5, 0.6) is 0 Å². The van der Waals surface area contributed by atoms with Crippen molar-refractivity contribution < 1.29 is 9.72 Å². The third-order valence-electron chi connectivity index (χ3n) is 2.59. The number of carbonyl (C=O) groups excluding carboxylic acids is 1. The minimum Gasteiger partial charge on any atom is -0.324 e. The van der Waals surface area contributed by atoms with Gasteiger partial charge in [-0.3, -0.25) is 14.9 Å². The molecule has 0 radical (unpaired) electrons. The number of nitrogens with one attached hydrogen (secondary N) is 2. The third kappa shape index (κ3) is 4.00. The van der Waals surface area contributed by atoms with Crippen LogP contribution in [0.1, 0.15) is 20.8 Å². The summed E-state index contributed by atoms with van der Waals surface area (Å²) >= 11 is 3.09. The van der Waals surface area contributed by atoms with Gasteiger partial charge in [-0.25, -0.2) is 0 Å². The molecule has 0 spiro atoms. The fraction of sp³-hybridized carbons (Fsp3) is 0.417. The van der Waals surface area contributed by atoms with E-state index < -0.39 is 10.5 Å². The first-order valence-electron chi connectivity index (χ1n) is 5.78. The molecule has 2 N–H and O–H groups in total. The Labute approximate surface area is 119 Å². The first-order chi connectivity index (χ1) is 8.77. The lowest BCUT2D eigenvalue weighted by molar-refractivity contribution is -0.385. The van der Waals surface area contributed by atoms with Crippen molar-refractivity contribution >= 4 is 33.2 Å². The van der Waals surface area contributed by atoms with E-state index in [-0.39, 0.29) is 11.6 Å². The lowest BCUT2D eigenvalue weighted by Gasteiger charge is -2.24. The summed E-state index contributed by atoms with van der Waals surface area (Å²) in [5.41, 5.74) is -0.429. The van der Waals surface area contributed by atoms with Gasteiger partial charge in [0.15, 0.2) is 0 Å². The highest BCUT2D eigenvalue weighted by atomic mass is 79.9. The summed E-state index contributed by atoms with van der Waals surface area (Å²) in [5, 5.41) is 16.5. The van der Waals surface area contributed by atoms with Crippen LogP contribution in [0.15, 0.2) is 22.7 Å². The second-order valence-electron chi connectivity index (χ2n) is 4.53. The molecule has 1 rings (SSSR count). The second-order valence-corrected chi connectivity index (χ2v) is 5.39. The van der Waals surface area contributed by atoms with E-state index in [0.717, 1.165) is 0 Å². The highest BCUT2D eigenvalue weighted by Gasteiger charge is 2.26. The quantitative estimate of drug-likeness (QED) is 0.642. The number of nitro groups is 1. The van der Waals surface area contributed by atoms with E-state index in [2.05, 4.69) is 26.6 Å². The maximum absolute atomic E-state index is 12.0. The van der Waals surface area contributed by atoms with E-state index in [1.807, 2.05) is 6.92 Å². The Morgan fingerprint density at radius 2 is 2.11 bits per heavy atom. The Bertz CT molecular complexity index is 503. The standard InChI is InChI=1S/C12H16BrN3O3/c1-4-14-12(2,3)11(17)15-8-5-6-9(13)10(7-8)16(18)19/h5-7,14H,4H2,1-3H3,(H,15,17). The summed E-state index contributed by atoms with van der Waals surface area (Å²) in [6.45, 7) is 6.05. The number of carbonyl (C=O) groups is 1. The molecule has 19 heavy (non-hydrogen) atoms. The predicted octanol–water partition coefficient (Wildman–Crippen LogP) is 2.68. The summed E-state index contributed by atoms with van der Waals surface area (Å²) < 4.78 is 0.376. The lowest BCUT2D eigenvalue weighted by Crippen LogP contribution is -2.49. The van der Waals surface area contributed by atoms with Gasteiger partial charge in [0.25, 0.3) is 5.69 Å². The largest absolute Gasteiger partial charge is 0.324 e. The van der Waals surface area contributed by atoms with Crippen molar-refractivity contribution in [1.82, 2.24) is 5.32 Å². The third-order valence-corrected chi connectivity index (χ3v) is 3.26. The molecule has 7 heteroatoms. The number of halogens is 1. The van der Waals surface area contributed by atoms with E-state index in [1.165, 1.54) is 12.1 Å². The van der Waals surface area contributed by atoms with Gasteiger partial charge in [0.05, 0.1) is 14.9 Å². The van der Waals surface area contributed by atoms with Crippen LogP contribution in [-0.2, 0) is 4.79 Å². The Balaban J connectivity index is 2.92. The number of amides is 1. The molecule has 6 nitrogen and oxygen atoms in total. The van der Waals surface area contributed by atoms with Crippen LogP contribution in [0.2, 0.25) is 0 Å². The van der Waals surface area contributed by atoms with Gasteiger partial charge in [-0.2, -0.15) is 0 Å². The van der Waals surface area contributed by atoms with Crippen molar-refractivity contribution in [2.75, 3.05) is 11.9 Å². The van der Waals surface area contributed by atoms with Gasteiger partial charge >= 0.3 is 0 Å². The fourth-order valence-corrected chi connectivity index (χ4v) is 1.93. The molecule has 0 aliphatic rings. The van der Waals surface area contributed by atoms with Crippen molar-refractivity contribution in [2.45, 2.75) is 26.3 Å². The minimum atomic E-state index is -0.739. The highest BCUT2D eigenvalue weighted by molar-refractivity contribution is 9.10. The number of hydrogen-bond donors (Lipinski definition) is 2. The predicted molar refractivity (Wildman–Crippen MR) is 77.2 cm³/mol. The number of nitro benzene ring substituents is 1. The van der Waals surface area contributed by atoms with Crippen molar-refractivity contribution in [3.63, 3.8) is 0 Å². The van der Waals surface area contributed by atoms with Crippen LogP contribution in [0.3, 0.4) is 0 Å². The zero-order chi connectivity index (χ0) is 14.6. The van der Waals surface area contributed by atoms with Crippen LogP contribution in [0.4, 0.5) is 11.4 Å². The molecule has 0 bridgehead atoms. The normalized spacial score (nSPS) is 11.2. The van der Waals surface area contributed by atoms with E-state index in [0.29, 0.717) is 16.7 Å². The van der Waals surface area contributed by atoms with Gasteiger partial charge in [0, 0.05) is 11.8 Å². The smallest absolute Gasteiger partial charge is 0.285 e. The van der Waals surface area contributed by atoms with Crippen LogP contribution in [-0.4, -0.2) is 22.9 Å². The molecule has 1 aromatic rings. The van der Waals surface area contributed by atoms with E-state index in [1.54, 1.807) is 19.9 Å². The molecule has 1 aromatic carbocycles. The van der Waals surface area contributed by atoms with Crippen molar-refractivity contribution in [3.05, 3.63) is 32.8 Å². The molecular formula is C12H16BrN3O3. The Kier molecular flexibility index (Phi) is 5.02. The lowest BCUT2D eigenvalue weighted by atomic mass is 10.0. The molecule has 0 aliphatic heterocycles. The second kappa shape index (κ2) is 6.12. The van der Waals surface area contributed by atoms with Gasteiger partial charge in [-0.15, -0.1) is 0 Å². The van der Waals surface area contributed by atoms with E-state index >= 15 is 0 Å². The maximum atomic E-state index is 12.0. The van der Waals surface area contributed by atoms with Crippen molar-refractivity contribution in [1.29, 1.82) is 0 Å². The first-order valence-corrected chi connectivity index (χ1v) is 6.57. The molecule has 0 heterocycles. The Morgan fingerprint density at radius 3 is 2.63 bits per heavy atom. The maximum Gasteiger partial charge on any atom is 0.285 e. The SMILES string of the molecule is CCNC(C)(C)C(=O)Nc1ccc(Br)c([N+](=O)[O-])c1. The molecular weight excluding hydrogens is 314 g/mol. The summed E-state index contributed by atoms with van der Waals surface area (Å²) in [6, 6.07) is 4.47. The number of hydrogen-bond acceptors (Lipinski definition) is 4. The molecule has 0 saturated heterocycles. The number of likely N-dealkylation sites (N-methyl/N-ethyl adjacent to an activating group) is 1.